The zero-order chi connectivity index (χ0) is 12.4. The monoisotopic (exact) mass is 295 g/mol. The lowest BCUT2D eigenvalue weighted by atomic mass is 9.93. The summed E-state index contributed by atoms with van der Waals surface area (Å²) in [6.45, 7) is 2.45. The Morgan fingerprint density at radius 2 is 2.18 bits per heavy atom. The predicted molar refractivity (Wildman–Crippen MR) is 70.8 cm³/mol. The minimum atomic E-state index is -0.0937. The maximum absolute atomic E-state index is 12.0. The van der Waals surface area contributed by atoms with Crippen molar-refractivity contribution in [3.63, 3.8) is 0 Å². The van der Waals surface area contributed by atoms with Crippen molar-refractivity contribution in [3.05, 3.63) is 44.3 Å². The normalized spacial score (nSPS) is 15.3. The lowest BCUT2D eigenvalue weighted by molar-refractivity contribution is 0.0969. The number of halogens is 1. The average Bonchev–Trinajstić information content (AvgIpc) is 2.32. The second-order valence-corrected chi connectivity index (χ2v) is 4.78. The maximum atomic E-state index is 12.0. The first kappa shape index (κ1) is 12.3. The van der Waals surface area contributed by atoms with Gasteiger partial charge in [-0.1, -0.05) is 22.0 Å². The number of aryl methyl sites for hydroxylation is 1. The SMILES string of the molecule is Cc1cn(C/C=C/Br)c2c(c1=O)C(=O)CCC2. The highest BCUT2D eigenvalue weighted by Gasteiger charge is 2.23. The highest BCUT2D eigenvalue weighted by atomic mass is 79.9. The molecule has 4 heteroatoms. The molecule has 0 saturated heterocycles. The van der Waals surface area contributed by atoms with E-state index in [0.29, 0.717) is 24.1 Å². The van der Waals surface area contributed by atoms with E-state index in [1.807, 2.05) is 16.8 Å². The van der Waals surface area contributed by atoms with Crippen LogP contribution < -0.4 is 5.43 Å². The Hall–Kier alpha value is -1.16. The average molecular weight is 296 g/mol. The number of rotatable bonds is 2. The van der Waals surface area contributed by atoms with Gasteiger partial charge in [-0.05, 0) is 24.8 Å². The van der Waals surface area contributed by atoms with Crippen LogP contribution in [0.4, 0.5) is 0 Å². The molecule has 1 aromatic heterocycles. The molecule has 1 aliphatic carbocycles. The van der Waals surface area contributed by atoms with E-state index in [-0.39, 0.29) is 11.2 Å². The van der Waals surface area contributed by atoms with Gasteiger partial charge < -0.3 is 4.57 Å². The zero-order valence-electron chi connectivity index (χ0n) is 9.70. The molecule has 17 heavy (non-hydrogen) atoms. The predicted octanol–water partition coefficient (Wildman–Crippen LogP) is 2.58. The Balaban J connectivity index is 2.62. The van der Waals surface area contributed by atoms with E-state index < -0.39 is 0 Å². The number of ketones is 1. The molecule has 0 unspecified atom stereocenters. The fraction of sp³-hybridized carbons (Fsp3) is 0.385. The Morgan fingerprint density at radius 3 is 2.88 bits per heavy atom. The number of pyridine rings is 1. The molecule has 0 bridgehead atoms. The van der Waals surface area contributed by atoms with Crippen LogP contribution in [-0.4, -0.2) is 10.4 Å². The van der Waals surface area contributed by atoms with Crippen LogP contribution in [0.2, 0.25) is 0 Å². The second-order valence-electron chi connectivity index (χ2n) is 4.25. The molecule has 90 valence electrons. The van der Waals surface area contributed by atoms with Crippen molar-refractivity contribution < 1.29 is 4.79 Å². The third-order valence-corrected chi connectivity index (χ3v) is 3.43. The topological polar surface area (TPSA) is 39.1 Å². The quantitative estimate of drug-likeness (QED) is 0.841. The molecule has 1 aromatic rings. The molecular formula is C13H14BrNO2. The van der Waals surface area contributed by atoms with E-state index >= 15 is 0 Å². The first-order valence-electron chi connectivity index (χ1n) is 5.66. The van der Waals surface area contributed by atoms with Crippen LogP contribution in [0.3, 0.4) is 0 Å². The fourth-order valence-corrected chi connectivity index (χ4v) is 2.42. The van der Waals surface area contributed by atoms with Crippen LogP contribution in [0.1, 0.15) is 34.5 Å². The summed E-state index contributed by atoms with van der Waals surface area (Å²) in [5.74, 6) is -0.00322. The highest BCUT2D eigenvalue weighted by Crippen LogP contribution is 2.19. The summed E-state index contributed by atoms with van der Waals surface area (Å²) in [5.41, 5.74) is 1.85. The Kier molecular flexibility index (Phi) is 3.62. The summed E-state index contributed by atoms with van der Waals surface area (Å²) in [6, 6.07) is 0. The standard InChI is InChI=1S/C13H14BrNO2/c1-9-8-15(7-3-6-14)10-4-2-5-11(16)12(10)13(9)17/h3,6,8H,2,4-5,7H2,1H3/b6-3+. The molecule has 2 rings (SSSR count). The Labute approximate surface area is 108 Å². The summed E-state index contributed by atoms with van der Waals surface area (Å²) in [6.07, 6.45) is 5.94. The van der Waals surface area contributed by atoms with Crippen molar-refractivity contribution in [1.82, 2.24) is 4.57 Å². The van der Waals surface area contributed by atoms with Crippen molar-refractivity contribution in [3.8, 4) is 0 Å². The molecular weight excluding hydrogens is 282 g/mol. The fourth-order valence-electron chi connectivity index (χ4n) is 2.26. The van der Waals surface area contributed by atoms with Crippen LogP contribution >= 0.6 is 15.9 Å². The van der Waals surface area contributed by atoms with E-state index in [1.54, 1.807) is 11.9 Å². The number of carbonyl (C=O) groups excluding carboxylic acids is 1. The minimum absolute atomic E-state index is 0.00322. The number of hydrogen-bond donors (Lipinski definition) is 0. The highest BCUT2D eigenvalue weighted by molar-refractivity contribution is 9.11. The third-order valence-electron chi connectivity index (χ3n) is 3.06. The molecule has 0 saturated carbocycles. The number of nitrogens with zero attached hydrogens (tertiary/aromatic N) is 1. The van der Waals surface area contributed by atoms with Crippen molar-refractivity contribution >= 4 is 21.7 Å². The second kappa shape index (κ2) is 5.00. The van der Waals surface area contributed by atoms with Gasteiger partial charge in [-0.2, -0.15) is 0 Å². The molecule has 0 atom stereocenters. The van der Waals surface area contributed by atoms with Crippen LogP contribution in [0.15, 0.2) is 22.1 Å². The van der Waals surface area contributed by atoms with Gasteiger partial charge in [-0.25, -0.2) is 0 Å². The Bertz CT molecular complexity index is 543. The van der Waals surface area contributed by atoms with Crippen LogP contribution in [0.5, 0.6) is 0 Å². The Morgan fingerprint density at radius 1 is 1.41 bits per heavy atom. The third kappa shape index (κ3) is 2.27. The molecule has 0 aliphatic heterocycles. The molecule has 0 N–H and O–H groups in total. The number of carbonyl (C=O) groups is 1. The number of allylic oxidation sites excluding steroid dienone is 1. The number of Topliss-reactive ketones (excluding diaryl/α,β-unsaturated/α-hetero) is 1. The van der Waals surface area contributed by atoms with Crippen LogP contribution in [0.25, 0.3) is 0 Å². The van der Waals surface area contributed by atoms with E-state index in [4.69, 9.17) is 0 Å². The summed E-state index contributed by atoms with van der Waals surface area (Å²) in [4.78, 5) is 25.6. The molecule has 0 spiro atoms. The van der Waals surface area contributed by atoms with Gasteiger partial charge in [0.1, 0.15) is 0 Å². The van der Waals surface area contributed by atoms with Crippen molar-refractivity contribution in [1.29, 1.82) is 0 Å². The molecule has 1 heterocycles. The lowest BCUT2D eigenvalue weighted by Gasteiger charge is -2.20. The summed E-state index contributed by atoms with van der Waals surface area (Å²) < 4.78 is 2.00. The lowest BCUT2D eigenvalue weighted by Crippen LogP contribution is -2.28. The van der Waals surface area contributed by atoms with Gasteiger partial charge in [0.15, 0.2) is 11.2 Å². The molecule has 3 nitrogen and oxygen atoms in total. The maximum Gasteiger partial charge on any atom is 0.195 e. The van der Waals surface area contributed by atoms with Gasteiger partial charge in [-0.3, -0.25) is 9.59 Å². The van der Waals surface area contributed by atoms with E-state index in [9.17, 15) is 9.59 Å². The van der Waals surface area contributed by atoms with Crippen molar-refractivity contribution in [2.24, 2.45) is 0 Å². The van der Waals surface area contributed by atoms with Crippen LogP contribution in [-0.2, 0) is 13.0 Å². The van der Waals surface area contributed by atoms with E-state index in [0.717, 1.165) is 18.5 Å². The first-order valence-corrected chi connectivity index (χ1v) is 6.58. The smallest absolute Gasteiger partial charge is 0.195 e. The largest absolute Gasteiger partial charge is 0.346 e. The van der Waals surface area contributed by atoms with Gasteiger partial charge in [-0.15, -0.1) is 0 Å². The van der Waals surface area contributed by atoms with Gasteiger partial charge in [0, 0.05) is 30.4 Å². The number of hydrogen-bond acceptors (Lipinski definition) is 2. The van der Waals surface area contributed by atoms with E-state index in [1.165, 1.54) is 0 Å². The van der Waals surface area contributed by atoms with Gasteiger partial charge in [0.2, 0.25) is 0 Å². The number of fused-ring (bicyclic) bond motifs is 1. The molecule has 0 fully saturated rings. The zero-order valence-corrected chi connectivity index (χ0v) is 11.3. The molecule has 0 aromatic carbocycles. The van der Waals surface area contributed by atoms with Crippen molar-refractivity contribution in [2.45, 2.75) is 32.7 Å². The van der Waals surface area contributed by atoms with Gasteiger partial charge in [0.25, 0.3) is 0 Å². The van der Waals surface area contributed by atoms with Crippen LogP contribution in [0, 0.1) is 6.92 Å². The van der Waals surface area contributed by atoms with Gasteiger partial charge >= 0.3 is 0 Å². The summed E-state index contributed by atoms with van der Waals surface area (Å²) >= 11 is 3.23. The van der Waals surface area contributed by atoms with E-state index in [2.05, 4.69) is 15.9 Å². The molecule has 1 aliphatic rings. The summed E-state index contributed by atoms with van der Waals surface area (Å²) in [5, 5.41) is 0. The number of aromatic nitrogens is 1. The van der Waals surface area contributed by atoms with Gasteiger partial charge in [0.05, 0.1) is 5.56 Å². The molecule has 0 amide bonds. The minimum Gasteiger partial charge on any atom is -0.346 e. The first-order chi connectivity index (χ1) is 8.15. The molecule has 0 radical (unpaired) electrons. The van der Waals surface area contributed by atoms with Crippen molar-refractivity contribution in [2.75, 3.05) is 0 Å². The summed E-state index contributed by atoms with van der Waals surface area (Å²) in [7, 11) is 0.